The van der Waals surface area contributed by atoms with Crippen molar-refractivity contribution >= 4 is 0 Å². The standard InChI is InChI=1S/C19H31NO/c1-3-4-5-6-7-18-8-10-19(11-9-18)16-17(2)20-12-14-21-15-13-20/h8-11,17H,3-7,12-16H2,1-2H3. The molecule has 2 rings (SSSR count). The first kappa shape index (κ1) is 16.5. The molecule has 0 N–H and O–H groups in total. The SMILES string of the molecule is CCCCCCc1ccc(CC(C)N2CCOCC2)cc1. The zero-order valence-corrected chi connectivity index (χ0v) is 13.8. The minimum atomic E-state index is 0.615. The third-order valence-corrected chi connectivity index (χ3v) is 4.54. The van der Waals surface area contributed by atoms with Gasteiger partial charge >= 0.3 is 0 Å². The highest BCUT2D eigenvalue weighted by atomic mass is 16.5. The van der Waals surface area contributed by atoms with Crippen LogP contribution < -0.4 is 0 Å². The van der Waals surface area contributed by atoms with E-state index in [1.165, 1.54) is 43.2 Å². The van der Waals surface area contributed by atoms with E-state index in [-0.39, 0.29) is 0 Å². The van der Waals surface area contributed by atoms with Gasteiger partial charge in [-0.2, -0.15) is 0 Å². The van der Waals surface area contributed by atoms with Crippen LogP contribution in [0.25, 0.3) is 0 Å². The van der Waals surface area contributed by atoms with Gasteiger partial charge in [0.1, 0.15) is 0 Å². The lowest BCUT2D eigenvalue weighted by Gasteiger charge is -2.32. The van der Waals surface area contributed by atoms with Crippen molar-refractivity contribution in [2.24, 2.45) is 0 Å². The number of rotatable bonds is 8. The summed E-state index contributed by atoms with van der Waals surface area (Å²) in [6, 6.07) is 9.92. The average molecular weight is 289 g/mol. The molecule has 0 aromatic heterocycles. The highest BCUT2D eigenvalue weighted by Gasteiger charge is 2.16. The van der Waals surface area contributed by atoms with Crippen LogP contribution in [0.2, 0.25) is 0 Å². The van der Waals surface area contributed by atoms with E-state index in [1.807, 2.05) is 0 Å². The monoisotopic (exact) mass is 289 g/mol. The number of hydrogen-bond acceptors (Lipinski definition) is 2. The van der Waals surface area contributed by atoms with Crippen LogP contribution in [0.3, 0.4) is 0 Å². The van der Waals surface area contributed by atoms with Gasteiger partial charge in [-0.05, 0) is 37.3 Å². The highest BCUT2D eigenvalue weighted by Crippen LogP contribution is 2.13. The van der Waals surface area contributed by atoms with Gasteiger partial charge in [0.2, 0.25) is 0 Å². The summed E-state index contributed by atoms with van der Waals surface area (Å²) in [6.07, 6.45) is 7.77. The lowest BCUT2D eigenvalue weighted by molar-refractivity contribution is 0.0203. The first-order valence-corrected chi connectivity index (χ1v) is 8.69. The molecule has 2 nitrogen and oxygen atoms in total. The third kappa shape index (κ3) is 5.80. The lowest BCUT2D eigenvalue weighted by atomic mass is 10.0. The van der Waals surface area contributed by atoms with Gasteiger partial charge < -0.3 is 4.74 Å². The van der Waals surface area contributed by atoms with Gasteiger partial charge in [0.05, 0.1) is 13.2 Å². The predicted octanol–water partition coefficient (Wildman–Crippen LogP) is 4.07. The molecule has 0 aliphatic carbocycles. The van der Waals surface area contributed by atoms with Crippen LogP contribution in [0, 0.1) is 0 Å². The summed E-state index contributed by atoms with van der Waals surface area (Å²) in [5, 5.41) is 0. The molecule has 1 atom stereocenters. The molecule has 1 heterocycles. The zero-order chi connectivity index (χ0) is 14.9. The Hall–Kier alpha value is -0.860. The third-order valence-electron chi connectivity index (χ3n) is 4.54. The van der Waals surface area contributed by atoms with Crippen LogP contribution >= 0.6 is 0 Å². The molecule has 0 bridgehead atoms. The molecule has 0 radical (unpaired) electrons. The largest absolute Gasteiger partial charge is 0.379 e. The fraction of sp³-hybridized carbons (Fsp3) is 0.684. The van der Waals surface area contributed by atoms with E-state index in [1.54, 1.807) is 0 Å². The van der Waals surface area contributed by atoms with Crippen LogP contribution in [0.5, 0.6) is 0 Å². The summed E-state index contributed by atoms with van der Waals surface area (Å²) >= 11 is 0. The normalized spacial score (nSPS) is 17.8. The maximum absolute atomic E-state index is 5.43. The summed E-state index contributed by atoms with van der Waals surface area (Å²) in [5.74, 6) is 0. The van der Waals surface area contributed by atoms with Gasteiger partial charge in [-0.15, -0.1) is 0 Å². The summed E-state index contributed by atoms with van der Waals surface area (Å²) in [5.41, 5.74) is 2.96. The Kier molecular flexibility index (Phi) is 7.25. The summed E-state index contributed by atoms with van der Waals surface area (Å²) in [6.45, 7) is 8.55. The molecule has 1 aromatic carbocycles. The van der Waals surface area contributed by atoms with E-state index < -0.39 is 0 Å². The second-order valence-electron chi connectivity index (χ2n) is 6.33. The molecular weight excluding hydrogens is 258 g/mol. The lowest BCUT2D eigenvalue weighted by Crippen LogP contribution is -2.43. The molecule has 1 saturated heterocycles. The van der Waals surface area contributed by atoms with Gasteiger partial charge in [0.25, 0.3) is 0 Å². The maximum atomic E-state index is 5.43. The fourth-order valence-electron chi connectivity index (χ4n) is 3.09. The molecule has 0 amide bonds. The van der Waals surface area contributed by atoms with Gasteiger partial charge in [-0.25, -0.2) is 0 Å². The van der Waals surface area contributed by atoms with Crippen molar-refractivity contribution in [2.75, 3.05) is 26.3 Å². The van der Waals surface area contributed by atoms with Crippen molar-refractivity contribution in [1.82, 2.24) is 4.90 Å². The number of benzene rings is 1. The van der Waals surface area contributed by atoms with E-state index in [0.29, 0.717) is 6.04 Å². The topological polar surface area (TPSA) is 12.5 Å². The van der Waals surface area contributed by atoms with Gasteiger partial charge in [-0.1, -0.05) is 50.5 Å². The van der Waals surface area contributed by atoms with Crippen LogP contribution in [0.1, 0.15) is 50.7 Å². The number of nitrogens with zero attached hydrogens (tertiary/aromatic N) is 1. The van der Waals surface area contributed by atoms with Crippen LogP contribution in [0.4, 0.5) is 0 Å². The quantitative estimate of drug-likeness (QED) is 0.669. The first-order chi connectivity index (χ1) is 10.3. The second-order valence-corrected chi connectivity index (χ2v) is 6.33. The van der Waals surface area contributed by atoms with E-state index in [2.05, 4.69) is 43.0 Å². The molecule has 1 fully saturated rings. The van der Waals surface area contributed by atoms with E-state index in [4.69, 9.17) is 4.74 Å². The minimum absolute atomic E-state index is 0.615. The number of unbranched alkanes of at least 4 members (excludes halogenated alkanes) is 3. The summed E-state index contributed by atoms with van der Waals surface area (Å²) in [7, 11) is 0. The molecule has 0 saturated carbocycles. The summed E-state index contributed by atoms with van der Waals surface area (Å²) < 4.78 is 5.43. The van der Waals surface area contributed by atoms with E-state index in [9.17, 15) is 0 Å². The summed E-state index contributed by atoms with van der Waals surface area (Å²) in [4.78, 5) is 2.54. The molecule has 118 valence electrons. The molecule has 0 spiro atoms. The number of hydrogen-bond donors (Lipinski definition) is 0. The maximum Gasteiger partial charge on any atom is 0.0594 e. The minimum Gasteiger partial charge on any atom is -0.379 e. The molecule has 1 aliphatic rings. The van der Waals surface area contributed by atoms with Gasteiger partial charge in [-0.3, -0.25) is 4.90 Å². The molecule has 1 aliphatic heterocycles. The van der Waals surface area contributed by atoms with Crippen LogP contribution in [-0.4, -0.2) is 37.2 Å². The van der Waals surface area contributed by atoms with Gasteiger partial charge in [0.15, 0.2) is 0 Å². The van der Waals surface area contributed by atoms with Crippen molar-refractivity contribution in [1.29, 1.82) is 0 Å². The Balaban J connectivity index is 1.75. The Labute approximate surface area is 130 Å². The molecule has 1 aromatic rings. The number of morpholine rings is 1. The van der Waals surface area contributed by atoms with Crippen molar-refractivity contribution in [3.8, 4) is 0 Å². The first-order valence-electron chi connectivity index (χ1n) is 8.69. The van der Waals surface area contributed by atoms with Crippen molar-refractivity contribution < 1.29 is 4.74 Å². The fourth-order valence-corrected chi connectivity index (χ4v) is 3.09. The average Bonchev–Trinajstić information content (AvgIpc) is 2.54. The molecular formula is C19H31NO. The Morgan fingerprint density at radius 1 is 1.00 bits per heavy atom. The highest BCUT2D eigenvalue weighted by molar-refractivity contribution is 5.23. The Morgan fingerprint density at radius 2 is 1.67 bits per heavy atom. The Bertz CT molecular complexity index is 381. The van der Waals surface area contributed by atoms with Crippen LogP contribution in [0.15, 0.2) is 24.3 Å². The predicted molar refractivity (Wildman–Crippen MR) is 89.8 cm³/mol. The Morgan fingerprint density at radius 3 is 2.33 bits per heavy atom. The van der Waals surface area contributed by atoms with E-state index in [0.717, 1.165) is 32.7 Å². The van der Waals surface area contributed by atoms with Gasteiger partial charge in [0, 0.05) is 19.1 Å². The van der Waals surface area contributed by atoms with Crippen molar-refractivity contribution in [3.63, 3.8) is 0 Å². The van der Waals surface area contributed by atoms with E-state index >= 15 is 0 Å². The second kappa shape index (κ2) is 9.22. The van der Waals surface area contributed by atoms with Crippen molar-refractivity contribution in [2.45, 2.75) is 58.4 Å². The van der Waals surface area contributed by atoms with Crippen LogP contribution in [-0.2, 0) is 17.6 Å². The van der Waals surface area contributed by atoms with Crippen molar-refractivity contribution in [3.05, 3.63) is 35.4 Å². The molecule has 2 heteroatoms. The zero-order valence-electron chi connectivity index (χ0n) is 13.8. The molecule has 21 heavy (non-hydrogen) atoms. The number of aryl methyl sites for hydroxylation is 1. The number of ether oxygens (including phenoxy) is 1. The smallest absolute Gasteiger partial charge is 0.0594 e. The molecule has 1 unspecified atom stereocenters.